The van der Waals surface area contributed by atoms with Gasteiger partial charge in [0.25, 0.3) is 0 Å². The van der Waals surface area contributed by atoms with E-state index in [4.69, 9.17) is 21.4 Å². The van der Waals surface area contributed by atoms with Crippen molar-refractivity contribution in [3.05, 3.63) is 35.5 Å². The third-order valence-electron chi connectivity index (χ3n) is 5.21. The van der Waals surface area contributed by atoms with E-state index >= 15 is 0 Å². The fourth-order valence-corrected chi connectivity index (χ4v) is 3.68. The van der Waals surface area contributed by atoms with Gasteiger partial charge in [-0.25, -0.2) is 0 Å². The van der Waals surface area contributed by atoms with E-state index in [9.17, 15) is 0 Å². The minimum Gasteiger partial charge on any atom is -0.396 e. The van der Waals surface area contributed by atoms with Crippen LogP contribution in [0.2, 0.25) is 5.02 Å². The van der Waals surface area contributed by atoms with Gasteiger partial charge >= 0.3 is 0 Å². The first-order valence-electron chi connectivity index (χ1n) is 11.2. The number of halogens is 1. The molecule has 0 unspecified atom stereocenters. The molecule has 0 radical (unpaired) electrons. The van der Waals surface area contributed by atoms with Gasteiger partial charge < -0.3 is 30.7 Å². The number of fused-ring (bicyclic) bond motifs is 1. The van der Waals surface area contributed by atoms with Crippen LogP contribution in [0.3, 0.4) is 0 Å². The Bertz CT molecular complexity index is 1050. The number of nitrogens with zero attached hydrogens (tertiary/aromatic N) is 5. The number of ether oxygens (including phenoxy) is 1. The van der Waals surface area contributed by atoms with Crippen LogP contribution in [0.15, 0.2) is 30.5 Å². The molecule has 1 aliphatic heterocycles. The Morgan fingerprint density at radius 2 is 1.70 bits per heavy atom. The Kier molecular flexibility index (Phi) is 8.29. The molecule has 0 amide bonds. The predicted octanol–water partition coefficient (Wildman–Crippen LogP) is 2.62. The summed E-state index contributed by atoms with van der Waals surface area (Å²) in [4.78, 5) is 20.2. The van der Waals surface area contributed by atoms with E-state index in [2.05, 4.69) is 40.8 Å². The second kappa shape index (κ2) is 11.8. The Labute approximate surface area is 197 Å². The number of aromatic nitrogens is 4. The van der Waals surface area contributed by atoms with Crippen LogP contribution < -0.4 is 20.9 Å². The maximum atomic E-state index is 8.98. The fourth-order valence-electron chi connectivity index (χ4n) is 3.51. The summed E-state index contributed by atoms with van der Waals surface area (Å²) >= 11 is 6.08. The van der Waals surface area contributed by atoms with Crippen molar-refractivity contribution < 1.29 is 9.84 Å². The van der Waals surface area contributed by atoms with Gasteiger partial charge in [-0.15, -0.1) is 0 Å². The Hall–Kier alpha value is -2.95. The highest BCUT2D eigenvalue weighted by molar-refractivity contribution is 6.31. The molecule has 1 aromatic carbocycles. The number of hydrogen-bond acceptors (Lipinski definition) is 10. The maximum Gasteiger partial charge on any atom is 0.232 e. The van der Waals surface area contributed by atoms with Crippen LogP contribution in [0.4, 0.5) is 23.5 Å². The molecule has 3 aromatic rings. The molecule has 0 spiro atoms. The smallest absolute Gasteiger partial charge is 0.232 e. The molecule has 11 heteroatoms. The number of morpholine rings is 1. The van der Waals surface area contributed by atoms with Crippen LogP contribution in [-0.4, -0.2) is 77.6 Å². The average Bonchev–Trinajstić information content (AvgIpc) is 2.85. The first kappa shape index (κ1) is 23.2. The third kappa shape index (κ3) is 6.53. The molecule has 1 fully saturated rings. The number of aliphatic hydroxyl groups excluding tert-OH is 1. The second-order valence-electron chi connectivity index (χ2n) is 7.61. The standard InChI is InChI=1S/C22H29ClN8O2/c23-16-3-4-17-18(5-7-24-19(17)15-16)25-8-9-27-21-28-20(26-6-1-2-12-32)29-22(30-21)31-10-13-33-14-11-31/h3-5,7,15,32H,1-2,6,8-14H2,(H,24,25)(H2,26,27,28,29,30). The van der Waals surface area contributed by atoms with Gasteiger partial charge in [0.15, 0.2) is 0 Å². The summed E-state index contributed by atoms with van der Waals surface area (Å²) in [6, 6.07) is 7.63. The summed E-state index contributed by atoms with van der Waals surface area (Å²) in [5.74, 6) is 1.67. The monoisotopic (exact) mass is 472 g/mol. The summed E-state index contributed by atoms with van der Waals surface area (Å²) < 4.78 is 5.44. The summed E-state index contributed by atoms with van der Waals surface area (Å²) in [5, 5.41) is 20.6. The molecule has 0 bridgehead atoms. The number of nitrogens with one attached hydrogen (secondary N) is 3. The minimum absolute atomic E-state index is 0.178. The second-order valence-corrected chi connectivity index (χ2v) is 8.05. The van der Waals surface area contributed by atoms with Crippen LogP contribution in [0, 0.1) is 0 Å². The predicted molar refractivity (Wildman–Crippen MR) is 131 cm³/mol. The normalized spacial score (nSPS) is 13.8. The molecule has 176 valence electrons. The topological polar surface area (TPSA) is 120 Å². The lowest BCUT2D eigenvalue weighted by Gasteiger charge is -2.27. The number of hydrogen-bond donors (Lipinski definition) is 4. The molecule has 2 aromatic heterocycles. The highest BCUT2D eigenvalue weighted by Gasteiger charge is 2.16. The molecule has 1 saturated heterocycles. The SMILES string of the molecule is OCCCCNc1nc(NCCNc2ccnc3cc(Cl)ccc23)nc(N2CCOCC2)n1. The highest BCUT2D eigenvalue weighted by atomic mass is 35.5. The average molecular weight is 473 g/mol. The van der Waals surface area contributed by atoms with Crippen LogP contribution in [0.5, 0.6) is 0 Å². The molecule has 33 heavy (non-hydrogen) atoms. The molecule has 0 aliphatic carbocycles. The van der Waals surface area contributed by atoms with Gasteiger partial charge in [-0.05, 0) is 37.1 Å². The van der Waals surface area contributed by atoms with Crippen LogP contribution in [0.1, 0.15) is 12.8 Å². The molecule has 3 heterocycles. The van der Waals surface area contributed by atoms with Crippen molar-refractivity contribution >= 4 is 46.0 Å². The molecule has 4 N–H and O–H groups in total. The van der Waals surface area contributed by atoms with E-state index in [-0.39, 0.29) is 6.61 Å². The molecule has 0 atom stereocenters. The van der Waals surface area contributed by atoms with Crippen molar-refractivity contribution in [2.45, 2.75) is 12.8 Å². The van der Waals surface area contributed by atoms with Gasteiger partial charge in [-0.2, -0.15) is 15.0 Å². The van der Waals surface area contributed by atoms with Crippen molar-refractivity contribution in [2.24, 2.45) is 0 Å². The van der Waals surface area contributed by atoms with Crippen molar-refractivity contribution in [3.8, 4) is 0 Å². The zero-order valence-electron chi connectivity index (χ0n) is 18.4. The van der Waals surface area contributed by atoms with E-state index in [0.717, 1.165) is 42.5 Å². The summed E-state index contributed by atoms with van der Waals surface area (Å²) in [6.07, 6.45) is 3.34. The highest BCUT2D eigenvalue weighted by Crippen LogP contribution is 2.24. The van der Waals surface area contributed by atoms with Gasteiger partial charge in [-0.1, -0.05) is 11.6 Å². The van der Waals surface area contributed by atoms with Gasteiger partial charge in [0, 0.05) is 61.6 Å². The molecule has 1 aliphatic rings. The first-order chi connectivity index (χ1) is 16.2. The maximum absolute atomic E-state index is 8.98. The van der Waals surface area contributed by atoms with E-state index < -0.39 is 0 Å². The van der Waals surface area contributed by atoms with Gasteiger partial charge in [0.2, 0.25) is 17.8 Å². The summed E-state index contributed by atoms with van der Waals surface area (Å²) in [5.41, 5.74) is 1.85. The molecular weight excluding hydrogens is 444 g/mol. The summed E-state index contributed by atoms with van der Waals surface area (Å²) in [6.45, 7) is 4.95. The van der Waals surface area contributed by atoms with Crippen LogP contribution in [0.25, 0.3) is 10.9 Å². The fraction of sp³-hybridized carbons (Fsp3) is 0.455. The lowest BCUT2D eigenvalue weighted by Crippen LogP contribution is -2.37. The minimum atomic E-state index is 0.178. The van der Waals surface area contributed by atoms with E-state index in [1.54, 1.807) is 6.20 Å². The lowest BCUT2D eigenvalue weighted by molar-refractivity contribution is 0.122. The summed E-state index contributed by atoms with van der Waals surface area (Å²) in [7, 11) is 0. The van der Waals surface area contributed by atoms with Crippen molar-refractivity contribution in [2.75, 3.05) is 73.4 Å². The number of benzene rings is 1. The van der Waals surface area contributed by atoms with Crippen LogP contribution in [-0.2, 0) is 4.74 Å². The van der Waals surface area contributed by atoms with E-state index in [0.29, 0.717) is 55.7 Å². The van der Waals surface area contributed by atoms with E-state index in [1.807, 2.05) is 24.3 Å². The molecular formula is C22H29ClN8O2. The largest absolute Gasteiger partial charge is 0.396 e. The Balaban J connectivity index is 1.39. The number of pyridine rings is 1. The Morgan fingerprint density at radius 1 is 0.939 bits per heavy atom. The van der Waals surface area contributed by atoms with Gasteiger partial charge in [-0.3, -0.25) is 4.98 Å². The lowest BCUT2D eigenvalue weighted by atomic mass is 10.2. The number of anilines is 4. The van der Waals surface area contributed by atoms with Crippen molar-refractivity contribution in [1.29, 1.82) is 0 Å². The van der Waals surface area contributed by atoms with E-state index in [1.165, 1.54) is 0 Å². The molecule has 10 nitrogen and oxygen atoms in total. The zero-order chi connectivity index (χ0) is 22.9. The third-order valence-corrected chi connectivity index (χ3v) is 5.45. The van der Waals surface area contributed by atoms with Gasteiger partial charge in [0.1, 0.15) is 0 Å². The Morgan fingerprint density at radius 3 is 2.48 bits per heavy atom. The van der Waals surface area contributed by atoms with Crippen LogP contribution >= 0.6 is 11.6 Å². The first-order valence-corrected chi connectivity index (χ1v) is 11.6. The van der Waals surface area contributed by atoms with Gasteiger partial charge in [0.05, 0.1) is 18.7 Å². The molecule has 0 saturated carbocycles. The quantitative estimate of drug-likeness (QED) is 0.310. The van der Waals surface area contributed by atoms with Crippen molar-refractivity contribution in [3.63, 3.8) is 0 Å². The number of unbranched alkanes of at least 4 members (excludes halogenated alkanes) is 1. The molecule has 4 rings (SSSR count). The number of aliphatic hydroxyl groups is 1. The van der Waals surface area contributed by atoms with Crippen molar-refractivity contribution in [1.82, 2.24) is 19.9 Å². The number of rotatable bonds is 11. The zero-order valence-corrected chi connectivity index (χ0v) is 19.2.